The van der Waals surface area contributed by atoms with Gasteiger partial charge in [-0.1, -0.05) is 6.07 Å². The first-order valence-corrected chi connectivity index (χ1v) is 7.51. The van der Waals surface area contributed by atoms with Crippen LogP contribution in [-0.2, 0) is 6.54 Å². The molecule has 0 spiro atoms. The van der Waals surface area contributed by atoms with E-state index in [-0.39, 0.29) is 5.91 Å². The predicted octanol–water partition coefficient (Wildman–Crippen LogP) is 3.14. The van der Waals surface area contributed by atoms with Gasteiger partial charge < -0.3 is 14.5 Å². The summed E-state index contributed by atoms with van der Waals surface area (Å²) >= 11 is 0. The smallest absolute Gasteiger partial charge is 0.291 e. The molecule has 1 aromatic carbocycles. The van der Waals surface area contributed by atoms with Gasteiger partial charge in [-0.3, -0.25) is 9.69 Å². The highest BCUT2D eigenvalue weighted by atomic mass is 16.5. The van der Waals surface area contributed by atoms with E-state index in [2.05, 4.69) is 10.2 Å². The zero-order chi connectivity index (χ0) is 15.4. The van der Waals surface area contributed by atoms with Crippen LogP contribution in [0.4, 0.5) is 5.69 Å². The summed E-state index contributed by atoms with van der Waals surface area (Å²) < 4.78 is 10.8. The summed E-state index contributed by atoms with van der Waals surface area (Å²) in [5.74, 6) is 1.61. The maximum Gasteiger partial charge on any atom is 0.291 e. The minimum atomic E-state index is -0.249. The van der Waals surface area contributed by atoms with Gasteiger partial charge >= 0.3 is 0 Å². The van der Waals surface area contributed by atoms with Crippen molar-refractivity contribution in [2.45, 2.75) is 19.4 Å². The molecular weight excluding hydrogens is 280 g/mol. The maximum atomic E-state index is 12.2. The quantitative estimate of drug-likeness (QED) is 0.921. The Balaban J connectivity index is 1.63. The third-order valence-corrected chi connectivity index (χ3v) is 3.79. The Labute approximate surface area is 129 Å². The van der Waals surface area contributed by atoms with Crippen LogP contribution in [0.2, 0.25) is 0 Å². The number of benzene rings is 1. The van der Waals surface area contributed by atoms with Crippen LogP contribution in [0.3, 0.4) is 0 Å². The molecule has 22 heavy (non-hydrogen) atoms. The van der Waals surface area contributed by atoms with Gasteiger partial charge in [-0.15, -0.1) is 0 Å². The molecule has 1 saturated heterocycles. The molecule has 1 aliphatic rings. The van der Waals surface area contributed by atoms with Crippen molar-refractivity contribution >= 4 is 11.6 Å². The fourth-order valence-corrected chi connectivity index (χ4v) is 2.64. The first-order chi connectivity index (χ1) is 10.7. The fraction of sp³-hybridized carbons (Fsp3) is 0.353. The Morgan fingerprint density at radius 2 is 2.09 bits per heavy atom. The number of anilines is 1. The first-order valence-electron chi connectivity index (χ1n) is 7.51. The summed E-state index contributed by atoms with van der Waals surface area (Å²) in [7, 11) is 1.60. The van der Waals surface area contributed by atoms with E-state index >= 15 is 0 Å². The number of nitrogens with zero attached hydrogens (tertiary/aromatic N) is 1. The lowest BCUT2D eigenvalue weighted by molar-refractivity contribution is 0.0993. The molecule has 0 bridgehead atoms. The molecule has 2 heterocycles. The van der Waals surface area contributed by atoms with E-state index in [0.717, 1.165) is 25.4 Å². The number of carbonyl (C=O) groups is 1. The number of hydrogen-bond donors (Lipinski definition) is 1. The number of methoxy groups -OCH3 is 1. The first kappa shape index (κ1) is 14.7. The van der Waals surface area contributed by atoms with E-state index in [0.29, 0.717) is 17.2 Å². The average molecular weight is 300 g/mol. The van der Waals surface area contributed by atoms with Gasteiger partial charge in [0.1, 0.15) is 11.5 Å². The molecule has 1 fully saturated rings. The number of nitrogens with one attached hydrogen (secondary N) is 1. The molecule has 0 atom stereocenters. The van der Waals surface area contributed by atoms with Gasteiger partial charge in [0, 0.05) is 11.8 Å². The molecular formula is C17H20N2O3. The van der Waals surface area contributed by atoms with Crippen LogP contribution >= 0.6 is 0 Å². The average Bonchev–Trinajstić information content (AvgIpc) is 3.20. The van der Waals surface area contributed by atoms with Crippen LogP contribution in [0.25, 0.3) is 0 Å². The van der Waals surface area contributed by atoms with Gasteiger partial charge in [-0.25, -0.2) is 0 Å². The molecule has 1 aliphatic heterocycles. The van der Waals surface area contributed by atoms with Crippen molar-refractivity contribution in [2.75, 3.05) is 25.5 Å². The van der Waals surface area contributed by atoms with Gasteiger partial charge in [0.2, 0.25) is 0 Å². The third-order valence-electron chi connectivity index (χ3n) is 3.79. The number of ether oxygens (including phenoxy) is 1. The lowest BCUT2D eigenvalue weighted by Gasteiger charge is -2.11. The van der Waals surface area contributed by atoms with E-state index in [1.54, 1.807) is 19.2 Å². The van der Waals surface area contributed by atoms with Crippen LogP contribution in [-0.4, -0.2) is 31.0 Å². The summed E-state index contributed by atoms with van der Waals surface area (Å²) in [6.45, 7) is 2.98. The SMILES string of the molecule is COc1cccc(NC(=O)c2ccc(CN3CCCC3)o2)c1. The van der Waals surface area contributed by atoms with Crippen molar-refractivity contribution in [3.63, 3.8) is 0 Å². The monoisotopic (exact) mass is 300 g/mol. The highest BCUT2D eigenvalue weighted by molar-refractivity contribution is 6.02. The van der Waals surface area contributed by atoms with E-state index in [9.17, 15) is 4.79 Å². The Morgan fingerprint density at radius 3 is 2.86 bits per heavy atom. The fourth-order valence-electron chi connectivity index (χ4n) is 2.64. The Kier molecular flexibility index (Phi) is 4.44. The molecule has 2 aromatic rings. The molecule has 0 saturated carbocycles. The van der Waals surface area contributed by atoms with Crippen LogP contribution in [0.1, 0.15) is 29.2 Å². The maximum absolute atomic E-state index is 12.2. The molecule has 5 nitrogen and oxygen atoms in total. The number of furan rings is 1. The number of hydrogen-bond acceptors (Lipinski definition) is 4. The molecule has 1 aromatic heterocycles. The van der Waals surface area contributed by atoms with Crippen molar-refractivity contribution in [1.29, 1.82) is 0 Å². The standard InChI is InChI=1S/C17H20N2O3/c1-21-14-6-4-5-13(11-14)18-17(20)16-8-7-15(22-16)12-19-9-2-3-10-19/h4-8,11H,2-3,9-10,12H2,1H3,(H,18,20). The lowest BCUT2D eigenvalue weighted by atomic mass is 10.3. The molecule has 5 heteroatoms. The van der Waals surface area contributed by atoms with Crippen molar-refractivity contribution < 1.29 is 13.9 Å². The van der Waals surface area contributed by atoms with Gasteiger partial charge in [0.15, 0.2) is 5.76 Å². The molecule has 1 amide bonds. The van der Waals surface area contributed by atoms with Gasteiger partial charge in [0.05, 0.1) is 13.7 Å². The minimum absolute atomic E-state index is 0.249. The largest absolute Gasteiger partial charge is 0.497 e. The topological polar surface area (TPSA) is 54.7 Å². The van der Waals surface area contributed by atoms with Gasteiger partial charge in [0.25, 0.3) is 5.91 Å². The lowest BCUT2D eigenvalue weighted by Crippen LogP contribution is -2.18. The van der Waals surface area contributed by atoms with Crippen molar-refractivity contribution in [2.24, 2.45) is 0 Å². The zero-order valence-electron chi connectivity index (χ0n) is 12.7. The Hall–Kier alpha value is -2.27. The number of likely N-dealkylation sites (tertiary alicyclic amines) is 1. The summed E-state index contributed by atoms with van der Waals surface area (Å²) in [6, 6.07) is 10.8. The molecule has 3 rings (SSSR count). The Bertz CT molecular complexity index is 645. The van der Waals surface area contributed by atoms with E-state index in [4.69, 9.17) is 9.15 Å². The van der Waals surface area contributed by atoms with Crippen LogP contribution < -0.4 is 10.1 Å². The van der Waals surface area contributed by atoms with Crippen LogP contribution in [0, 0.1) is 0 Å². The summed E-state index contributed by atoms with van der Waals surface area (Å²) in [5, 5.41) is 2.81. The third kappa shape index (κ3) is 3.49. The van der Waals surface area contributed by atoms with Gasteiger partial charge in [-0.2, -0.15) is 0 Å². The molecule has 1 N–H and O–H groups in total. The van der Waals surface area contributed by atoms with E-state index in [1.807, 2.05) is 24.3 Å². The molecule has 0 unspecified atom stereocenters. The zero-order valence-corrected chi connectivity index (χ0v) is 12.7. The highest BCUT2D eigenvalue weighted by Gasteiger charge is 2.16. The number of carbonyl (C=O) groups excluding carboxylic acids is 1. The number of rotatable bonds is 5. The highest BCUT2D eigenvalue weighted by Crippen LogP contribution is 2.19. The molecule has 116 valence electrons. The second-order valence-electron chi connectivity index (χ2n) is 5.44. The van der Waals surface area contributed by atoms with E-state index in [1.165, 1.54) is 12.8 Å². The summed E-state index contributed by atoms with van der Waals surface area (Å²) in [4.78, 5) is 14.5. The minimum Gasteiger partial charge on any atom is -0.497 e. The van der Waals surface area contributed by atoms with Crippen LogP contribution in [0.5, 0.6) is 5.75 Å². The van der Waals surface area contributed by atoms with Crippen molar-refractivity contribution in [3.05, 3.63) is 47.9 Å². The predicted molar refractivity (Wildman–Crippen MR) is 84.2 cm³/mol. The van der Waals surface area contributed by atoms with Crippen molar-refractivity contribution in [3.8, 4) is 5.75 Å². The van der Waals surface area contributed by atoms with E-state index < -0.39 is 0 Å². The molecule has 0 radical (unpaired) electrons. The summed E-state index contributed by atoms with van der Waals surface area (Å²) in [5.41, 5.74) is 0.682. The number of amides is 1. The normalized spacial score (nSPS) is 15.0. The van der Waals surface area contributed by atoms with Crippen LogP contribution in [0.15, 0.2) is 40.8 Å². The van der Waals surface area contributed by atoms with Crippen molar-refractivity contribution in [1.82, 2.24) is 4.90 Å². The molecule has 0 aliphatic carbocycles. The summed E-state index contributed by atoms with van der Waals surface area (Å²) in [6.07, 6.45) is 2.48. The second-order valence-corrected chi connectivity index (χ2v) is 5.44. The second kappa shape index (κ2) is 6.66. The Morgan fingerprint density at radius 1 is 1.27 bits per heavy atom. The van der Waals surface area contributed by atoms with Gasteiger partial charge in [-0.05, 0) is 50.2 Å².